The van der Waals surface area contributed by atoms with Gasteiger partial charge in [-0.15, -0.1) is 0 Å². The van der Waals surface area contributed by atoms with E-state index in [0.717, 1.165) is 0 Å². The number of methoxy groups -OCH3 is 5. The van der Waals surface area contributed by atoms with Crippen molar-refractivity contribution in [1.29, 1.82) is 0 Å². The van der Waals surface area contributed by atoms with E-state index in [1.54, 1.807) is 36.4 Å². The zero-order valence-corrected chi connectivity index (χ0v) is 25.7. The Bertz CT molecular complexity index is 1850. The molecule has 0 saturated heterocycles. The first-order chi connectivity index (χ1) is 21.9. The summed E-state index contributed by atoms with van der Waals surface area (Å²) in [6.07, 6.45) is 1.96. The van der Waals surface area contributed by atoms with Crippen LogP contribution < -0.4 is 38.6 Å². The topological polar surface area (TPSA) is 141 Å². The maximum absolute atomic E-state index is 13.9. The van der Waals surface area contributed by atoms with Crippen molar-refractivity contribution in [2.75, 3.05) is 48.8 Å². The Kier molecular flexibility index (Phi) is 9.61. The molecular weight excluding hydrogens is 584 g/mol. The number of aromatic nitrogens is 2. The second-order valence-electron chi connectivity index (χ2n) is 9.80. The number of unbranched alkanes of at least 4 members (excludes halogenated alkanes) is 2. The van der Waals surface area contributed by atoms with Crippen LogP contribution in [-0.2, 0) is 0 Å². The third kappa shape index (κ3) is 6.44. The van der Waals surface area contributed by atoms with Gasteiger partial charge in [-0.3, -0.25) is 4.79 Å². The highest BCUT2D eigenvalue weighted by atomic mass is 16.5. The standard InChI is InChI=1S/C33H34N2O10/c1-38-20-17-23(39-2)27-24(18-20)45-29(19-15-25(40-3)30(42-5)26(16-19)41-4)31(28(27)36)43-13-9-6-10-14-44-33-32(37)34-21-11-7-8-12-22(21)35-33/h7-8,11-12,15-18H,6,9-10,13-14H2,1-5H3,(H,34,37). The Labute approximate surface area is 259 Å². The van der Waals surface area contributed by atoms with E-state index in [1.165, 1.54) is 35.5 Å². The summed E-state index contributed by atoms with van der Waals surface area (Å²) in [4.78, 5) is 22.4. The van der Waals surface area contributed by atoms with E-state index < -0.39 is 5.43 Å². The van der Waals surface area contributed by atoms with Crippen molar-refractivity contribution in [2.45, 2.75) is 19.3 Å². The number of hydrogen-bond acceptors (Lipinski definition) is 12. The van der Waals surface area contributed by atoms with Gasteiger partial charge in [0.1, 0.15) is 22.5 Å². The van der Waals surface area contributed by atoms with Gasteiger partial charge in [-0.1, -0.05) is 12.1 Å². The fourth-order valence-electron chi connectivity index (χ4n) is 4.85. The molecule has 12 heteroatoms. The van der Waals surface area contributed by atoms with E-state index in [1.807, 2.05) is 12.1 Å². The third-order valence-corrected chi connectivity index (χ3v) is 7.07. The smallest absolute Gasteiger partial charge is 0.278 e. The largest absolute Gasteiger partial charge is 0.496 e. The number of aromatic hydroxyl groups is 1. The van der Waals surface area contributed by atoms with Gasteiger partial charge < -0.3 is 42.7 Å². The Balaban J connectivity index is 1.37. The molecule has 2 aromatic heterocycles. The van der Waals surface area contributed by atoms with E-state index in [4.69, 9.17) is 37.6 Å². The van der Waals surface area contributed by atoms with E-state index >= 15 is 0 Å². The summed E-state index contributed by atoms with van der Waals surface area (Å²) in [7, 11) is 7.49. The Hall–Kier alpha value is -5.39. The van der Waals surface area contributed by atoms with Crippen molar-refractivity contribution in [3.63, 3.8) is 0 Å². The molecule has 3 aromatic carbocycles. The fraction of sp³-hybridized carbons (Fsp3) is 0.303. The van der Waals surface area contributed by atoms with Crippen LogP contribution in [0.2, 0.25) is 0 Å². The molecule has 0 bridgehead atoms. The molecule has 45 heavy (non-hydrogen) atoms. The summed E-state index contributed by atoms with van der Waals surface area (Å²) in [6.45, 7) is 0.529. The average Bonchev–Trinajstić information content (AvgIpc) is 3.07. The molecule has 0 saturated carbocycles. The first-order valence-electron chi connectivity index (χ1n) is 14.2. The Morgan fingerprint density at radius 2 is 1.36 bits per heavy atom. The second-order valence-corrected chi connectivity index (χ2v) is 9.80. The van der Waals surface area contributed by atoms with Crippen molar-refractivity contribution in [2.24, 2.45) is 0 Å². The summed E-state index contributed by atoms with van der Waals surface area (Å²) >= 11 is 0. The molecule has 2 heterocycles. The second kappa shape index (κ2) is 13.9. The van der Waals surface area contributed by atoms with Crippen LogP contribution in [0.25, 0.3) is 33.3 Å². The number of fused-ring (bicyclic) bond motifs is 2. The number of rotatable bonds is 14. The predicted molar refractivity (Wildman–Crippen MR) is 167 cm³/mol. The fourth-order valence-corrected chi connectivity index (χ4v) is 4.85. The molecule has 0 atom stereocenters. The summed E-state index contributed by atoms with van der Waals surface area (Å²) in [5.41, 5.74) is 1.54. The first-order valence-corrected chi connectivity index (χ1v) is 14.2. The van der Waals surface area contributed by atoms with Crippen molar-refractivity contribution in [3.05, 3.63) is 58.8 Å². The van der Waals surface area contributed by atoms with E-state index in [9.17, 15) is 9.90 Å². The molecule has 0 aliphatic rings. The molecule has 1 N–H and O–H groups in total. The van der Waals surface area contributed by atoms with Crippen LogP contribution in [-0.4, -0.2) is 63.8 Å². The van der Waals surface area contributed by atoms with Crippen LogP contribution in [0.5, 0.6) is 46.3 Å². The highest BCUT2D eigenvalue weighted by Crippen LogP contribution is 2.44. The van der Waals surface area contributed by atoms with Gasteiger partial charge in [-0.25, -0.2) is 9.97 Å². The number of hydrogen-bond donors (Lipinski definition) is 1. The van der Waals surface area contributed by atoms with Crippen LogP contribution in [0, 0.1) is 0 Å². The third-order valence-electron chi connectivity index (χ3n) is 7.07. The maximum Gasteiger partial charge on any atom is 0.278 e. The van der Waals surface area contributed by atoms with Gasteiger partial charge >= 0.3 is 0 Å². The van der Waals surface area contributed by atoms with Crippen LogP contribution in [0.4, 0.5) is 0 Å². The van der Waals surface area contributed by atoms with Gasteiger partial charge in [0.25, 0.3) is 11.8 Å². The molecule has 0 amide bonds. The van der Waals surface area contributed by atoms with E-state index in [0.29, 0.717) is 65.5 Å². The van der Waals surface area contributed by atoms with Crippen LogP contribution in [0.3, 0.4) is 0 Å². The van der Waals surface area contributed by atoms with Crippen molar-refractivity contribution >= 4 is 22.0 Å². The van der Waals surface area contributed by atoms with Gasteiger partial charge in [0.05, 0.1) is 59.8 Å². The lowest BCUT2D eigenvalue weighted by Crippen LogP contribution is -2.12. The highest BCUT2D eigenvalue weighted by molar-refractivity contribution is 5.89. The van der Waals surface area contributed by atoms with Crippen LogP contribution in [0.15, 0.2) is 57.7 Å². The minimum Gasteiger partial charge on any atom is -0.496 e. The van der Waals surface area contributed by atoms with Crippen molar-refractivity contribution in [1.82, 2.24) is 9.97 Å². The monoisotopic (exact) mass is 618 g/mol. The van der Waals surface area contributed by atoms with Gasteiger partial charge in [0.15, 0.2) is 17.3 Å². The summed E-state index contributed by atoms with van der Waals surface area (Å²) in [6, 6.07) is 13.8. The van der Waals surface area contributed by atoms with Crippen molar-refractivity contribution < 1.29 is 42.7 Å². The van der Waals surface area contributed by atoms with Crippen LogP contribution in [0.1, 0.15) is 19.3 Å². The molecule has 0 spiro atoms. The average molecular weight is 619 g/mol. The lowest BCUT2D eigenvalue weighted by atomic mass is 10.1. The van der Waals surface area contributed by atoms with Gasteiger partial charge in [-0.2, -0.15) is 0 Å². The summed E-state index contributed by atoms with van der Waals surface area (Å²) in [5, 5.41) is 10.4. The zero-order chi connectivity index (χ0) is 31.9. The lowest BCUT2D eigenvalue weighted by molar-refractivity contribution is 0.261. The molecule has 0 unspecified atom stereocenters. The van der Waals surface area contributed by atoms with Gasteiger partial charge in [-0.05, 0) is 43.5 Å². The van der Waals surface area contributed by atoms with E-state index in [2.05, 4.69) is 9.97 Å². The highest BCUT2D eigenvalue weighted by Gasteiger charge is 2.24. The SMILES string of the molecule is COc1cc(OC)c2c(=O)c(OCCCCCOc3nc4ccccc4nc3O)c(-c3cc(OC)c(OC)c(OC)c3)oc2c1. The number of para-hydroxylation sites is 2. The molecule has 0 radical (unpaired) electrons. The minimum absolute atomic E-state index is 0.00727. The molecule has 0 aliphatic carbocycles. The molecular formula is C33H34N2O10. The first kappa shape index (κ1) is 31.0. The van der Waals surface area contributed by atoms with Crippen LogP contribution >= 0.6 is 0 Å². The number of nitrogens with zero attached hydrogens (tertiary/aromatic N) is 2. The molecule has 236 valence electrons. The maximum atomic E-state index is 13.9. The predicted octanol–water partition coefficient (Wildman–Crippen LogP) is 5.78. The Morgan fingerprint density at radius 1 is 0.711 bits per heavy atom. The lowest BCUT2D eigenvalue weighted by Gasteiger charge is -2.17. The van der Waals surface area contributed by atoms with Crippen molar-refractivity contribution in [3.8, 4) is 57.6 Å². The molecule has 5 rings (SSSR count). The summed E-state index contributed by atoms with van der Waals surface area (Å²) in [5.74, 6) is 1.91. The summed E-state index contributed by atoms with van der Waals surface area (Å²) < 4.78 is 45.5. The molecule has 0 aliphatic heterocycles. The Morgan fingerprint density at radius 3 is 1.98 bits per heavy atom. The molecule has 0 fully saturated rings. The number of ether oxygens (including phenoxy) is 7. The molecule has 12 nitrogen and oxygen atoms in total. The minimum atomic E-state index is -0.409. The zero-order valence-electron chi connectivity index (χ0n) is 25.7. The van der Waals surface area contributed by atoms with E-state index in [-0.39, 0.29) is 46.6 Å². The van der Waals surface area contributed by atoms with Gasteiger partial charge in [0, 0.05) is 17.7 Å². The van der Waals surface area contributed by atoms with Gasteiger partial charge in [0.2, 0.25) is 16.9 Å². The number of benzene rings is 3. The molecule has 5 aromatic rings. The quantitative estimate of drug-likeness (QED) is 0.151. The normalized spacial score (nSPS) is 11.0.